The monoisotopic (exact) mass is 321 g/mol. The molecule has 0 aliphatic carbocycles. The van der Waals surface area contributed by atoms with Gasteiger partial charge in [0.1, 0.15) is 5.01 Å². The maximum absolute atomic E-state index is 9.58. The summed E-state index contributed by atoms with van der Waals surface area (Å²) >= 11 is 13.4. The molecule has 5 heteroatoms. The van der Waals surface area contributed by atoms with Gasteiger partial charge in [-0.1, -0.05) is 53.5 Å². The fourth-order valence-corrected chi connectivity index (χ4v) is 3.16. The second-order valence-electron chi connectivity index (χ2n) is 4.19. The van der Waals surface area contributed by atoms with Gasteiger partial charge in [0.05, 0.1) is 15.7 Å². The van der Waals surface area contributed by atoms with Gasteiger partial charge in [0.25, 0.3) is 0 Å². The first-order chi connectivity index (χ1) is 9.65. The van der Waals surface area contributed by atoms with Crippen molar-refractivity contribution >= 4 is 34.5 Å². The highest BCUT2D eigenvalue weighted by Crippen LogP contribution is 2.37. The van der Waals surface area contributed by atoms with Crippen LogP contribution in [0.25, 0.3) is 21.8 Å². The van der Waals surface area contributed by atoms with Crippen molar-refractivity contribution < 1.29 is 5.11 Å². The number of halogens is 2. The number of nitrogens with zero attached hydrogens (tertiary/aromatic N) is 1. The Balaban J connectivity index is 2.03. The fraction of sp³-hybridized carbons (Fsp3) is 0. The maximum Gasteiger partial charge on any atom is 0.152 e. The Hall–Kier alpha value is -1.55. The molecule has 0 spiro atoms. The summed E-state index contributed by atoms with van der Waals surface area (Å²) in [5, 5.41) is 12.9. The van der Waals surface area contributed by atoms with Crippen LogP contribution in [0.2, 0.25) is 10.0 Å². The molecule has 0 atom stereocenters. The van der Waals surface area contributed by atoms with Crippen molar-refractivity contribution in [1.82, 2.24) is 4.98 Å². The SMILES string of the molecule is Oc1c(Cl)cc(-c2csc(-c3ccccc3)n2)cc1Cl. The van der Waals surface area contributed by atoms with E-state index < -0.39 is 0 Å². The van der Waals surface area contributed by atoms with Crippen molar-refractivity contribution in [2.75, 3.05) is 0 Å². The molecule has 20 heavy (non-hydrogen) atoms. The Kier molecular flexibility index (Phi) is 3.66. The third-order valence-electron chi connectivity index (χ3n) is 2.84. The van der Waals surface area contributed by atoms with Crippen LogP contribution in [-0.4, -0.2) is 10.1 Å². The molecule has 2 aromatic carbocycles. The third-order valence-corrected chi connectivity index (χ3v) is 4.31. The Bertz CT molecular complexity index is 733. The zero-order valence-electron chi connectivity index (χ0n) is 10.2. The highest BCUT2D eigenvalue weighted by Gasteiger charge is 2.11. The molecule has 0 fully saturated rings. The summed E-state index contributed by atoms with van der Waals surface area (Å²) in [7, 11) is 0. The van der Waals surface area contributed by atoms with Gasteiger partial charge in [0.15, 0.2) is 5.75 Å². The van der Waals surface area contributed by atoms with E-state index in [0.717, 1.165) is 21.8 Å². The van der Waals surface area contributed by atoms with Crippen LogP contribution in [0.3, 0.4) is 0 Å². The number of rotatable bonds is 2. The van der Waals surface area contributed by atoms with Gasteiger partial charge in [0, 0.05) is 16.5 Å². The molecule has 0 saturated carbocycles. The minimum Gasteiger partial charge on any atom is -0.505 e. The summed E-state index contributed by atoms with van der Waals surface area (Å²) in [5.41, 5.74) is 2.65. The molecule has 100 valence electrons. The molecule has 0 saturated heterocycles. The molecular formula is C15H9Cl2NOS. The van der Waals surface area contributed by atoms with Crippen LogP contribution in [0.1, 0.15) is 0 Å². The second kappa shape index (κ2) is 5.44. The Morgan fingerprint density at radius 2 is 1.60 bits per heavy atom. The van der Waals surface area contributed by atoms with Gasteiger partial charge in [0.2, 0.25) is 0 Å². The van der Waals surface area contributed by atoms with Crippen LogP contribution >= 0.6 is 34.5 Å². The van der Waals surface area contributed by atoms with E-state index in [4.69, 9.17) is 23.2 Å². The topological polar surface area (TPSA) is 33.1 Å². The number of thiazole rings is 1. The molecule has 3 aromatic rings. The van der Waals surface area contributed by atoms with Crippen molar-refractivity contribution in [2.24, 2.45) is 0 Å². The molecule has 0 radical (unpaired) electrons. The minimum atomic E-state index is -0.101. The summed E-state index contributed by atoms with van der Waals surface area (Å²) in [6, 6.07) is 13.3. The number of benzene rings is 2. The summed E-state index contributed by atoms with van der Waals surface area (Å²) < 4.78 is 0. The van der Waals surface area contributed by atoms with Crippen LogP contribution in [0, 0.1) is 0 Å². The standard InChI is InChI=1S/C15H9Cl2NOS/c16-11-6-10(7-12(17)14(11)19)13-8-20-15(18-13)9-4-2-1-3-5-9/h1-8,19H. The molecule has 2 nitrogen and oxygen atoms in total. The number of hydrogen-bond donors (Lipinski definition) is 1. The highest BCUT2D eigenvalue weighted by molar-refractivity contribution is 7.13. The predicted octanol–water partition coefficient (Wildman–Crippen LogP) is 5.49. The number of hydrogen-bond acceptors (Lipinski definition) is 3. The van der Waals surface area contributed by atoms with Crippen molar-refractivity contribution in [3.05, 3.63) is 57.9 Å². The predicted molar refractivity (Wildman–Crippen MR) is 84.7 cm³/mol. The van der Waals surface area contributed by atoms with E-state index in [-0.39, 0.29) is 15.8 Å². The van der Waals surface area contributed by atoms with E-state index in [0.29, 0.717) is 0 Å². The minimum absolute atomic E-state index is 0.101. The molecule has 0 aliphatic heterocycles. The van der Waals surface area contributed by atoms with Gasteiger partial charge in [-0.25, -0.2) is 4.98 Å². The van der Waals surface area contributed by atoms with Crippen molar-refractivity contribution in [3.8, 4) is 27.6 Å². The van der Waals surface area contributed by atoms with Gasteiger partial charge in [-0.2, -0.15) is 0 Å². The number of aromatic nitrogens is 1. The average Bonchev–Trinajstić information content (AvgIpc) is 2.95. The van der Waals surface area contributed by atoms with E-state index >= 15 is 0 Å². The van der Waals surface area contributed by atoms with E-state index in [1.165, 1.54) is 0 Å². The first-order valence-corrected chi connectivity index (χ1v) is 7.48. The zero-order chi connectivity index (χ0) is 14.1. The molecular weight excluding hydrogens is 313 g/mol. The van der Waals surface area contributed by atoms with Crippen LogP contribution in [-0.2, 0) is 0 Å². The quantitative estimate of drug-likeness (QED) is 0.677. The molecule has 0 amide bonds. The second-order valence-corrected chi connectivity index (χ2v) is 5.86. The van der Waals surface area contributed by atoms with Crippen LogP contribution < -0.4 is 0 Å². The highest BCUT2D eigenvalue weighted by atomic mass is 35.5. The third kappa shape index (κ3) is 2.52. The number of aromatic hydroxyl groups is 1. The largest absolute Gasteiger partial charge is 0.505 e. The molecule has 1 N–H and O–H groups in total. The average molecular weight is 322 g/mol. The summed E-state index contributed by atoms with van der Waals surface area (Å²) in [4.78, 5) is 4.58. The van der Waals surface area contributed by atoms with Gasteiger partial charge in [-0.3, -0.25) is 0 Å². The Labute approximate surface area is 130 Å². The van der Waals surface area contributed by atoms with E-state index in [1.807, 2.05) is 35.7 Å². The van der Waals surface area contributed by atoms with Gasteiger partial charge in [-0.05, 0) is 12.1 Å². The normalized spacial score (nSPS) is 10.7. The van der Waals surface area contributed by atoms with Crippen LogP contribution in [0.15, 0.2) is 47.8 Å². The molecule has 1 heterocycles. The summed E-state index contributed by atoms with van der Waals surface area (Å²) in [6.07, 6.45) is 0. The number of phenols is 1. The van der Waals surface area contributed by atoms with Crippen molar-refractivity contribution in [3.63, 3.8) is 0 Å². The van der Waals surface area contributed by atoms with Gasteiger partial charge >= 0.3 is 0 Å². The lowest BCUT2D eigenvalue weighted by Gasteiger charge is -2.03. The lowest BCUT2D eigenvalue weighted by atomic mass is 10.1. The van der Waals surface area contributed by atoms with Crippen LogP contribution in [0.4, 0.5) is 0 Å². The Morgan fingerprint density at radius 1 is 0.950 bits per heavy atom. The molecule has 3 rings (SSSR count). The maximum atomic E-state index is 9.58. The van der Waals surface area contributed by atoms with Gasteiger partial charge in [-0.15, -0.1) is 11.3 Å². The smallest absolute Gasteiger partial charge is 0.152 e. The van der Waals surface area contributed by atoms with E-state index in [1.54, 1.807) is 23.5 Å². The lowest BCUT2D eigenvalue weighted by molar-refractivity contribution is 0.476. The first kappa shape index (κ1) is 13.4. The molecule has 0 bridgehead atoms. The Morgan fingerprint density at radius 3 is 2.25 bits per heavy atom. The first-order valence-electron chi connectivity index (χ1n) is 5.84. The van der Waals surface area contributed by atoms with Crippen molar-refractivity contribution in [1.29, 1.82) is 0 Å². The summed E-state index contributed by atoms with van der Waals surface area (Å²) in [5.74, 6) is -0.101. The van der Waals surface area contributed by atoms with Gasteiger partial charge < -0.3 is 5.11 Å². The van der Waals surface area contributed by atoms with E-state index in [9.17, 15) is 5.11 Å². The van der Waals surface area contributed by atoms with Crippen LogP contribution in [0.5, 0.6) is 5.75 Å². The lowest BCUT2D eigenvalue weighted by Crippen LogP contribution is -1.81. The van der Waals surface area contributed by atoms with E-state index in [2.05, 4.69) is 4.98 Å². The molecule has 0 unspecified atom stereocenters. The molecule has 0 aliphatic rings. The van der Waals surface area contributed by atoms with Crippen molar-refractivity contribution in [2.45, 2.75) is 0 Å². The summed E-state index contributed by atoms with van der Waals surface area (Å²) in [6.45, 7) is 0. The number of phenolic OH excluding ortho intramolecular Hbond substituents is 1. The fourth-order valence-electron chi connectivity index (χ4n) is 1.83. The zero-order valence-corrected chi connectivity index (χ0v) is 12.5. The molecule has 1 aromatic heterocycles.